The minimum absolute atomic E-state index is 0.258. The number of H-pyrrole nitrogens is 1. The monoisotopic (exact) mass is 450 g/mol. The molecule has 0 amide bonds. The number of pyridine rings is 2. The number of methoxy groups -OCH3 is 1. The quantitative estimate of drug-likeness (QED) is 0.468. The molecule has 1 aliphatic rings. The van der Waals surface area contributed by atoms with E-state index in [-0.39, 0.29) is 13.1 Å². The summed E-state index contributed by atoms with van der Waals surface area (Å²) in [6.07, 6.45) is 4.03. The normalized spacial score (nSPS) is 18.5. The molecule has 1 atom stereocenters. The second-order valence-electron chi connectivity index (χ2n) is 8.49. The number of likely N-dealkylation sites (tertiary alicyclic amines) is 1. The minimum Gasteiger partial charge on any atom is -0.481 e. The van der Waals surface area contributed by atoms with E-state index in [0.29, 0.717) is 12.4 Å². The number of alkyl halides is 2. The molecule has 0 spiro atoms. The van der Waals surface area contributed by atoms with Gasteiger partial charge in [0.1, 0.15) is 5.65 Å². The van der Waals surface area contributed by atoms with Crippen LogP contribution in [-0.2, 0) is 6.54 Å². The van der Waals surface area contributed by atoms with Gasteiger partial charge in [-0.1, -0.05) is 24.3 Å². The van der Waals surface area contributed by atoms with Crippen molar-refractivity contribution in [3.63, 3.8) is 0 Å². The van der Waals surface area contributed by atoms with Crippen LogP contribution in [0.5, 0.6) is 5.88 Å². The zero-order valence-corrected chi connectivity index (χ0v) is 18.1. The van der Waals surface area contributed by atoms with Crippen LogP contribution in [0.1, 0.15) is 12.0 Å². The van der Waals surface area contributed by atoms with Crippen molar-refractivity contribution >= 4 is 11.0 Å². The molecule has 4 aromatic rings. The van der Waals surface area contributed by atoms with Crippen LogP contribution < -0.4 is 4.74 Å². The maximum atomic E-state index is 13.8. The van der Waals surface area contributed by atoms with E-state index in [1.54, 1.807) is 18.2 Å². The van der Waals surface area contributed by atoms with Crippen LogP contribution >= 0.6 is 0 Å². The molecule has 1 aliphatic heterocycles. The smallest absolute Gasteiger partial charge is 0.263 e. The van der Waals surface area contributed by atoms with Crippen LogP contribution in [0.2, 0.25) is 0 Å². The number of aromatic nitrogens is 3. The van der Waals surface area contributed by atoms with Crippen LogP contribution in [0.25, 0.3) is 33.3 Å². The van der Waals surface area contributed by atoms with E-state index in [9.17, 15) is 13.9 Å². The second kappa shape index (κ2) is 8.53. The van der Waals surface area contributed by atoms with E-state index in [1.165, 1.54) is 0 Å². The summed E-state index contributed by atoms with van der Waals surface area (Å²) in [6.45, 7) is 0.300. The highest BCUT2D eigenvalue weighted by molar-refractivity contribution is 5.95. The van der Waals surface area contributed by atoms with Gasteiger partial charge in [-0.3, -0.25) is 4.90 Å². The number of benzene rings is 1. The molecule has 3 aromatic heterocycles. The van der Waals surface area contributed by atoms with Gasteiger partial charge in [0.2, 0.25) is 5.88 Å². The lowest BCUT2D eigenvalue weighted by Crippen LogP contribution is -2.48. The molecule has 33 heavy (non-hydrogen) atoms. The summed E-state index contributed by atoms with van der Waals surface area (Å²) in [6, 6.07) is 13.7. The Hall–Kier alpha value is -3.36. The number of ether oxygens (including phenoxy) is 1. The van der Waals surface area contributed by atoms with Crippen molar-refractivity contribution in [2.24, 2.45) is 0 Å². The fourth-order valence-electron chi connectivity index (χ4n) is 4.41. The van der Waals surface area contributed by atoms with Crippen molar-refractivity contribution in [2.75, 3.05) is 20.2 Å². The fourth-order valence-corrected chi connectivity index (χ4v) is 4.41. The highest BCUT2D eigenvalue weighted by Gasteiger charge is 2.39. The van der Waals surface area contributed by atoms with E-state index in [0.717, 1.165) is 38.9 Å². The van der Waals surface area contributed by atoms with Gasteiger partial charge in [-0.2, -0.15) is 0 Å². The van der Waals surface area contributed by atoms with E-state index in [4.69, 9.17) is 4.74 Å². The van der Waals surface area contributed by atoms with Crippen LogP contribution in [0.15, 0.2) is 61.1 Å². The van der Waals surface area contributed by atoms with Crippen molar-refractivity contribution in [3.8, 4) is 28.1 Å². The molecule has 0 bridgehead atoms. The van der Waals surface area contributed by atoms with Gasteiger partial charge < -0.3 is 14.8 Å². The molecular formula is C25H24F2N4O2. The number of β-amino-alcohol motifs (C(OH)–C–C–N with tert-alkyl or cyclic N) is 1. The first-order valence-corrected chi connectivity index (χ1v) is 10.8. The molecule has 0 radical (unpaired) electrons. The number of nitrogens with zero attached hydrogens (tertiary/aromatic N) is 3. The molecule has 170 valence electrons. The van der Waals surface area contributed by atoms with Crippen molar-refractivity contribution in [1.29, 1.82) is 0 Å². The summed E-state index contributed by atoms with van der Waals surface area (Å²) in [4.78, 5) is 13.7. The molecule has 0 saturated carbocycles. The lowest BCUT2D eigenvalue weighted by Gasteiger charge is -2.35. The lowest BCUT2D eigenvalue weighted by molar-refractivity contribution is -0.109. The van der Waals surface area contributed by atoms with Gasteiger partial charge >= 0.3 is 0 Å². The molecule has 2 N–H and O–H groups in total. The Morgan fingerprint density at radius 2 is 1.85 bits per heavy atom. The van der Waals surface area contributed by atoms with E-state index in [2.05, 4.69) is 21.0 Å². The van der Waals surface area contributed by atoms with Gasteiger partial charge in [-0.15, -0.1) is 0 Å². The van der Waals surface area contributed by atoms with E-state index >= 15 is 0 Å². The maximum absolute atomic E-state index is 13.8. The molecule has 5 rings (SSSR count). The number of piperidine rings is 1. The number of hydrogen-bond donors (Lipinski definition) is 2. The standard InChI is InChI=1S/C25H24F2N4O2/c1-33-23-7-6-18(10-28-23)22-12-30-24-21(22)8-19(11-29-24)17-4-2-16(3-5-17)13-31-14-20(32)9-25(26,27)15-31/h2-8,10-12,20,32H,9,13-15H2,1H3,(H,29,30). The molecule has 1 fully saturated rings. The number of aromatic amines is 1. The highest BCUT2D eigenvalue weighted by Crippen LogP contribution is 2.32. The number of aliphatic hydroxyl groups is 1. The Morgan fingerprint density at radius 1 is 1.09 bits per heavy atom. The van der Waals surface area contributed by atoms with Crippen molar-refractivity contribution < 1.29 is 18.6 Å². The first-order chi connectivity index (χ1) is 15.9. The maximum Gasteiger partial charge on any atom is 0.263 e. The molecule has 4 heterocycles. The van der Waals surface area contributed by atoms with Crippen LogP contribution in [-0.4, -0.2) is 57.2 Å². The van der Waals surface area contributed by atoms with Gasteiger partial charge in [0, 0.05) is 66.2 Å². The summed E-state index contributed by atoms with van der Waals surface area (Å²) in [5.41, 5.74) is 5.59. The van der Waals surface area contributed by atoms with Crippen LogP contribution in [0.4, 0.5) is 8.78 Å². The molecule has 1 aromatic carbocycles. The van der Waals surface area contributed by atoms with Gasteiger partial charge in [0.05, 0.1) is 19.8 Å². The van der Waals surface area contributed by atoms with Crippen LogP contribution in [0.3, 0.4) is 0 Å². The number of rotatable bonds is 5. The van der Waals surface area contributed by atoms with Crippen molar-refractivity contribution in [3.05, 3.63) is 66.6 Å². The SMILES string of the molecule is COc1ccc(-c2c[nH]c3ncc(-c4ccc(CN5CC(O)CC(F)(F)C5)cc4)cc23)cn1. The zero-order valence-electron chi connectivity index (χ0n) is 18.1. The van der Waals surface area contributed by atoms with E-state index in [1.807, 2.05) is 48.8 Å². The molecule has 0 aliphatic carbocycles. The molecule has 1 saturated heterocycles. The highest BCUT2D eigenvalue weighted by atomic mass is 19.3. The Balaban J connectivity index is 1.38. The Labute approximate surface area is 189 Å². The first kappa shape index (κ1) is 21.5. The summed E-state index contributed by atoms with van der Waals surface area (Å²) >= 11 is 0. The molecular weight excluding hydrogens is 426 g/mol. The van der Waals surface area contributed by atoms with Crippen LogP contribution in [0, 0.1) is 0 Å². The summed E-state index contributed by atoms with van der Waals surface area (Å²) in [5.74, 6) is -2.30. The predicted octanol–water partition coefficient (Wildman–Crippen LogP) is 4.50. The predicted molar refractivity (Wildman–Crippen MR) is 122 cm³/mol. The van der Waals surface area contributed by atoms with E-state index < -0.39 is 18.4 Å². The van der Waals surface area contributed by atoms with Gasteiger partial charge in [0.25, 0.3) is 5.92 Å². The Morgan fingerprint density at radius 3 is 2.55 bits per heavy atom. The molecule has 8 heteroatoms. The van der Waals surface area contributed by atoms with Gasteiger partial charge in [0.15, 0.2) is 0 Å². The van der Waals surface area contributed by atoms with Crippen molar-refractivity contribution in [2.45, 2.75) is 25.0 Å². The number of fused-ring (bicyclic) bond motifs is 1. The number of halogens is 2. The molecule has 6 nitrogen and oxygen atoms in total. The molecule has 1 unspecified atom stereocenters. The number of aliphatic hydroxyl groups excluding tert-OH is 1. The average Bonchev–Trinajstić information content (AvgIpc) is 3.21. The fraction of sp³-hybridized carbons (Fsp3) is 0.280. The largest absolute Gasteiger partial charge is 0.481 e. The Kier molecular flexibility index (Phi) is 5.55. The third-order valence-electron chi connectivity index (χ3n) is 5.94. The van der Waals surface area contributed by atoms with Gasteiger partial charge in [-0.05, 0) is 23.3 Å². The minimum atomic E-state index is -2.85. The van der Waals surface area contributed by atoms with Crippen molar-refractivity contribution in [1.82, 2.24) is 19.9 Å². The number of nitrogens with one attached hydrogen (secondary N) is 1. The lowest BCUT2D eigenvalue weighted by atomic mass is 10.0. The van der Waals surface area contributed by atoms with Gasteiger partial charge in [-0.25, -0.2) is 18.7 Å². The number of hydrogen-bond acceptors (Lipinski definition) is 5. The third-order valence-corrected chi connectivity index (χ3v) is 5.94. The summed E-state index contributed by atoms with van der Waals surface area (Å²) < 4.78 is 32.7. The second-order valence-corrected chi connectivity index (χ2v) is 8.49. The Bertz CT molecular complexity index is 1260. The summed E-state index contributed by atoms with van der Waals surface area (Å²) in [5, 5.41) is 10.7. The topological polar surface area (TPSA) is 74.3 Å². The third kappa shape index (κ3) is 4.58. The first-order valence-electron chi connectivity index (χ1n) is 10.8. The average molecular weight is 450 g/mol. The zero-order chi connectivity index (χ0) is 23.0. The summed E-state index contributed by atoms with van der Waals surface area (Å²) in [7, 11) is 1.58.